The molecule has 0 bridgehead atoms. The highest BCUT2D eigenvalue weighted by Crippen LogP contribution is 2.26. The van der Waals surface area contributed by atoms with Crippen molar-refractivity contribution in [2.24, 2.45) is 0 Å². The van der Waals surface area contributed by atoms with E-state index >= 15 is 0 Å². The number of ether oxygens (including phenoxy) is 1. The summed E-state index contributed by atoms with van der Waals surface area (Å²) in [5, 5.41) is 3.50. The number of hydrogen-bond acceptors (Lipinski definition) is 3. The van der Waals surface area contributed by atoms with E-state index in [4.69, 9.17) is 39.5 Å². The quantitative estimate of drug-likeness (QED) is 0.762. The molecule has 0 aliphatic carbocycles. The van der Waals surface area contributed by atoms with Gasteiger partial charge in [0.15, 0.2) is 0 Å². The van der Waals surface area contributed by atoms with Crippen molar-refractivity contribution < 1.29 is 14.3 Å². The Morgan fingerprint density at radius 1 is 1.04 bits per heavy atom. The molecule has 0 aliphatic rings. The molecule has 0 atom stereocenters. The molecule has 23 heavy (non-hydrogen) atoms. The highest BCUT2D eigenvalue weighted by Gasteiger charge is 2.14. The van der Waals surface area contributed by atoms with Gasteiger partial charge >= 0.3 is 5.97 Å². The van der Waals surface area contributed by atoms with E-state index in [2.05, 4.69) is 5.32 Å². The summed E-state index contributed by atoms with van der Waals surface area (Å²) in [6.45, 7) is 1.98. The summed E-state index contributed by atoms with van der Waals surface area (Å²) >= 11 is 17.9. The van der Waals surface area contributed by atoms with Crippen LogP contribution in [-0.2, 0) is 4.74 Å². The van der Waals surface area contributed by atoms with Crippen LogP contribution in [0.25, 0.3) is 0 Å². The van der Waals surface area contributed by atoms with Crippen LogP contribution in [0.3, 0.4) is 0 Å². The van der Waals surface area contributed by atoms with E-state index in [1.807, 2.05) is 0 Å². The van der Waals surface area contributed by atoms with Crippen LogP contribution in [0.1, 0.15) is 27.6 Å². The molecule has 0 saturated heterocycles. The first-order valence-corrected chi connectivity index (χ1v) is 7.79. The van der Waals surface area contributed by atoms with Crippen molar-refractivity contribution >= 4 is 52.4 Å². The Labute approximate surface area is 148 Å². The number of anilines is 1. The second kappa shape index (κ2) is 7.68. The van der Waals surface area contributed by atoms with Crippen LogP contribution >= 0.6 is 34.8 Å². The van der Waals surface area contributed by atoms with Gasteiger partial charge in [-0.3, -0.25) is 4.79 Å². The maximum Gasteiger partial charge on any atom is 0.338 e. The fraction of sp³-hybridized carbons (Fsp3) is 0.125. The van der Waals surface area contributed by atoms with E-state index in [-0.39, 0.29) is 22.2 Å². The summed E-state index contributed by atoms with van der Waals surface area (Å²) in [6.07, 6.45) is 0. The average molecular weight is 373 g/mol. The Hall–Kier alpha value is -1.75. The molecule has 1 amide bonds. The molecule has 2 rings (SSSR count). The molecule has 4 nitrogen and oxygen atoms in total. The van der Waals surface area contributed by atoms with Crippen molar-refractivity contribution in [3.8, 4) is 0 Å². The normalized spacial score (nSPS) is 10.3. The van der Waals surface area contributed by atoms with Gasteiger partial charge in [0.2, 0.25) is 0 Å². The zero-order valence-electron chi connectivity index (χ0n) is 12.0. The summed E-state index contributed by atoms with van der Waals surface area (Å²) < 4.78 is 4.89. The van der Waals surface area contributed by atoms with Gasteiger partial charge in [-0.1, -0.05) is 34.8 Å². The van der Waals surface area contributed by atoms with Crippen LogP contribution in [0.5, 0.6) is 0 Å². The fourth-order valence-electron chi connectivity index (χ4n) is 1.82. The minimum atomic E-state index is -0.481. The number of hydrogen-bond donors (Lipinski definition) is 1. The monoisotopic (exact) mass is 371 g/mol. The molecule has 120 valence electrons. The summed E-state index contributed by atoms with van der Waals surface area (Å²) in [7, 11) is 0. The van der Waals surface area contributed by atoms with Gasteiger partial charge in [0.25, 0.3) is 5.91 Å². The largest absolute Gasteiger partial charge is 0.462 e. The summed E-state index contributed by atoms with van der Waals surface area (Å²) in [6, 6.07) is 9.03. The molecule has 0 radical (unpaired) electrons. The maximum atomic E-state index is 12.3. The van der Waals surface area contributed by atoms with Crippen molar-refractivity contribution in [2.45, 2.75) is 6.92 Å². The first-order chi connectivity index (χ1) is 10.9. The average Bonchev–Trinajstić information content (AvgIpc) is 2.51. The van der Waals surface area contributed by atoms with Crippen molar-refractivity contribution in [1.29, 1.82) is 0 Å². The second-order valence-electron chi connectivity index (χ2n) is 4.49. The standard InChI is InChI=1S/C16H12Cl3NO3/c1-2-23-16(22)9-3-6-14(13(19)7-9)20-15(21)11-8-10(17)4-5-12(11)18/h3-8H,2H2,1H3,(H,20,21). The Morgan fingerprint density at radius 3 is 2.43 bits per heavy atom. The number of rotatable bonds is 4. The third-order valence-electron chi connectivity index (χ3n) is 2.90. The molecular formula is C16H12Cl3NO3. The van der Waals surface area contributed by atoms with E-state index < -0.39 is 11.9 Å². The molecule has 0 heterocycles. The van der Waals surface area contributed by atoms with Gasteiger partial charge in [-0.15, -0.1) is 0 Å². The summed E-state index contributed by atoms with van der Waals surface area (Å²) in [5.41, 5.74) is 0.876. The number of carbonyl (C=O) groups is 2. The third kappa shape index (κ3) is 4.38. The van der Waals surface area contributed by atoms with Crippen LogP contribution in [-0.4, -0.2) is 18.5 Å². The topological polar surface area (TPSA) is 55.4 Å². The van der Waals surface area contributed by atoms with E-state index in [1.54, 1.807) is 13.0 Å². The fourth-order valence-corrected chi connectivity index (χ4v) is 2.42. The molecule has 2 aromatic rings. The van der Waals surface area contributed by atoms with Crippen molar-refractivity contribution in [1.82, 2.24) is 0 Å². The molecule has 0 saturated carbocycles. The second-order valence-corrected chi connectivity index (χ2v) is 5.74. The molecule has 0 aromatic heterocycles. The maximum absolute atomic E-state index is 12.3. The SMILES string of the molecule is CCOC(=O)c1ccc(NC(=O)c2cc(Cl)ccc2Cl)c(Cl)c1. The van der Waals surface area contributed by atoms with Gasteiger partial charge in [0.05, 0.1) is 33.5 Å². The minimum Gasteiger partial charge on any atom is -0.462 e. The van der Waals surface area contributed by atoms with Crippen LogP contribution in [0.2, 0.25) is 15.1 Å². The van der Waals surface area contributed by atoms with Crippen LogP contribution in [0.4, 0.5) is 5.69 Å². The number of halogens is 3. The Morgan fingerprint density at radius 2 is 1.78 bits per heavy atom. The first-order valence-electron chi connectivity index (χ1n) is 6.65. The summed E-state index contributed by atoms with van der Waals surface area (Å²) in [5.74, 6) is -0.937. The predicted molar refractivity (Wildman–Crippen MR) is 91.8 cm³/mol. The molecule has 0 aliphatic heterocycles. The highest BCUT2D eigenvalue weighted by molar-refractivity contribution is 6.37. The van der Waals surface area contributed by atoms with Gasteiger partial charge in [-0.2, -0.15) is 0 Å². The van der Waals surface area contributed by atoms with Crippen LogP contribution in [0.15, 0.2) is 36.4 Å². The third-order valence-corrected chi connectivity index (χ3v) is 3.78. The van der Waals surface area contributed by atoms with Gasteiger partial charge in [-0.05, 0) is 43.3 Å². The zero-order chi connectivity index (χ0) is 17.0. The van der Waals surface area contributed by atoms with E-state index in [1.165, 1.54) is 30.3 Å². The molecule has 1 N–H and O–H groups in total. The molecule has 0 fully saturated rings. The Balaban J connectivity index is 2.21. The lowest BCUT2D eigenvalue weighted by atomic mass is 10.1. The first kappa shape index (κ1) is 17.6. The lowest BCUT2D eigenvalue weighted by molar-refractivity contribution is 0.0526. The number of benzene rings is 2. The smallest absolute Gasteiger partial charge is 0.338 e. The minimum absolute atomic E-state index is 0.210. The number of carbonyl (C=O) groups excluding carboxylic acids is 2. The predicted octanol–water partition coefficient (Wildman–Crippen LogP) is 5.08. The van der Waals surface area contributed by atoms with Gasteiger partial charge in [0, 0.05) is 5.02 Å². The van der Waals surface area contributed by atoms with Gasteiger partial charge in [0.1, 0.15) is 0 Å². The number of esters is 1. The molecule has 0 spiro atoms. The van der Waals surface area contributed by atoms with Crippen LogP contribution in [0, 0.1) is 0 Å². The highest BCUT2D eigenvalue weighted by atomic mass is 35.5. The number of amides is 1. The van der Waals surface area contributed by atoms with E-state index in [0.29, 0.717) is 16.3 Å². The van der Waals surface area contributed by atoms with E-state index in [0.717, 1.165) is 0 Å². The molecule has 2 aromatic carbocycles. The Kier molecular flexibility index (Phi) is 5.88. The van der Waals surface area contributed by atoms with Gasteiger partial charge in [-0.25, -0.2) is 4.79 Å². The van der Waals surface area contributed by atoms with Crippen molar-refractivity contribution in [3.05, 3.63) is 62.6 Å². The van der Waals surface area contributed by atoms with Crippen LogP contribution < -0.4 is 5.32 Å². The molecular weight excluding hydrogens is 361 g/mol. The van der Waals surface area contributed by atoms with E-state index in [9.17, 15) is 9.59 Å². The number of nitrogens with one attached hydrogen (secondary N) is 1. The summed E-state index contributed by atoms with van der Waals surface area (Å²) in [4.78, 5) is 23.9. The lowest BCUT2D eigenvalue weighted by Gasteiger charge is -2.10. The lowest BCUT2D eigenvalue weighted by Crippen LogP contribution is -2.13. The molecule has 0 unspecified atom stereocenters. The molecule has 7 heteroatoms. The Bertz CT molecular complexity index is 762. The van der Waals surface area contributed by atoms with Gasteiger partial charge < -0.3 is 10.1 Å². The van der Waals surface area contributed by atoms with Crippen molar-refractivity contribution in [3.63, 3.8) is 0 Å². The van der Waals surface area contributed by atoms with Crippen molar-refractivity contribution in [2.75, 3.05) is 11.9 Å². The zero-order valence-corrected chi connectivity index (χ0v) is 14.3.